The summed E-state index contributed by atoms with van der Waals surface area (Å²) in [4.78, 5) is 27.3. The molecule has 2 amide bonds. The minimum atomic E-state index is -0.218. The third-order valence-electron chi connectivity index (χ3n) is 5.96. The van der Waals surface area contributed by atoms with E-state index < -0.39 is 0 Å². The average molecular weight is 555 g/mol. The van der Waals surface area contributed by atoms with Crippen LogP contribution in [-0.4, -0.2) is 41.8 Å². The number of nitrogens with one attached hydrogen (secondary N) is 2. The summed E-state index contributed by atoms with van der Waals surface area (Å²) >= 11 is 9.02. The predicted molar refractivity (Wildman–Crippen MR) is 146 cm³/mol. The molecule has 2 N–H and O–H groups in total. The Morgan fingerprint density at radius 3 is 2.74 bits per heavy atom. The van der Waals surface area contributed by atoms with Crippen molar-refractivity contribution in [1.82, 2.24) is 15.2 Å². The second-order valence-electron chi connectivity index (χ2n) is 8.47. The molecule has 1 aromatic heterocycles. The number of carbonyl (C=O) groups is 2. The molecule has 0 radical (unpaired) electrons. The zero-order valence-electron chi connectivity index (χ0n) is 19.9. The minimum Gasteiger partial charge on any atom is -0.385 e. The largest absolute Gasteiger partial charge is 0.385 e. The van der Waals surface area contributed by atoms with Crippen LogP contribution in [0.1, 0.15) is 23.1 Å². The van der Waals surface area contributed by atoms with Crippen molar-refractivity contribution in [3.63, 3.8) is 0 Å². The number of amides is 2. The van der Waals surface area contributed by atoms with Gasteiger partial charge in [0.2, 0.25) is 5.91 Å². The van der Waals surface area contributed by atoms with E-state index in [1.54, 1.807) is 13.2 Å². The van der Waals surface area contributed by atoms with E-state index in [4.69, 9.17) is 17.0 Å². The van der Waals surface area contributed by atoms with Crippen molar-refractivity contribution < 1.29 is 14.3 Å². The number of methoxy groups -OCH3 is 1. The number of thiocarbonyl (C=S) groups is 1. The molecule has 182 valence electrons. The molecular weight excluding hydrogens is 528 g/mol. The molecule has 2 heterocycles. The fourth-order valence-corrected chi connectivity index (χ4v) is 4.65. The smallest absolute Gasteiger partial charge is 0.281 e. The topological polar surface area (TPSA) is 75.6 Å². The Hall–Kier alpha value is -3.01. The fourth-order valence-electron chi connectivity index (χ4n) is 3.99. The summed E-state index contributed by atoms with van der Waals surface area (Å²) in [7, 11) is 1.64. The van der Waals surface area contributed by atoms with Gasteiger partial charge in [-0.1, -0.05) is 22.0 Å². The van der Waals surface area contributed by atoms with E-state index in [0.29, 0.717) is 24.0 Å². The Bertz CT molecular complexity index is 1350. The molecule has 7 nitrogen and oxygen atoms in total. The quantitative estimate of drug-likeness (QED) is 0.244. The Labute approximate surface area is 218 Å². The van der Waals surface area contributed by atoms with Gasteiger partial charge in [0.1, 0.15) is 12.2 Å². The number of anilines is 1. The first-order chi connectivity index (χ1) is 16.8. The molecule has 2 aromatic carbocycles. The lowest BCUT2D eigenvalue weighted by Crippen LogP contribution is -2.30. The van der Waals surface area contributed by atoms with Gasteiger partial charge in [-0.2, -0.15) is 0 Å². The van der Waals surface area contributed by atoms with Crippen LogP contribution < -0.4 is 15.5 Å². The van der Waals surface area contributed by atoms with E-state index in [1.807, 2.05) is 61.0 Å². The maximum absolute atomic E-state index is 13.3. The molecule has 0 spiro atoms. The summed E-state index contributed by atoms with van der Waals surface area (Å²) in [5.74, 6) is -0.303. The van der Waals surface area contributed by atoms with Crippen molar-refractivity contribution in [2.75, 3.05) is 25.2 Å². The van der Waals surface area contributed by atoms with Gasteiger partial charge in [0, 0.05) is 47.4 Å². The monoisotopic (exact) mass is 554 g/mol. The van der Waals surface area contributed by atoms with Crippen molar-refractivity contribution in [3.05, 3.63) is 69.5 Å². The molecule has 0 aliphatic carbocycles. The molecule has 1 aliphatic rings. The second-order valence-corrected chi connectivity index (χ2v) is 9.77. The number of carbonyl (C=O) groups excluding carboxylic acids is 2. The van der Waals surface area contributed by atoms with Crippen molar-refractivity contribution in [2.45, 2.75) is 26.8 Å². The van der Waals surface area contributed by atoms with E-state index in [0.717, 1.165) is 44.2 Å². The molecule has 3 aromatic rings. The standard InChI is InChI=1S/C26H27BrN4O3S/c1-16-5-7-20(11-17(16)2)31-25(33)22(29-26(31)35)12-18-14-30(15-24(32)28-9-4-10-34-3)23-8-6-19(27)13-21(18)23/h5-8,11-14H,4,9-10,15H2,1-3H3,(H,28,32)(H,29,35)/b22-12-. The average Bonchev–Trinajstić information content (AvgIpc) is 3.29. The van der Waals surface area contributed by atoms with Gasteiger partial charge in [0.25, 0.3) is 5.91 Å². The summed E-state index contributed by atoms with van der Waals surface area (Å²) in [5, 5.41) is 7.23. The van der Waals surface area contributed by atoms with Gasteiger partial charge in [0.15, 0.2) is 5.11 Å². The Morgan fingerprint density at radius 2 is 2.00 bits per heavy atom. The molecule has 1 aliphatic heterocycles. The lowest BCUT2D eigenvalue weighted by Gasteiger charge is -2.15. The van der Waals surface area contributed by atoms with Crippen molar-refractivity contribution >= 4 is 67.7 Å². The van der Waals surface area contributed by atoms with E-state index in [9.17, 15) is 9.59 Å². The number of rotatable bonds is 8. The van der Waals surface area contributed by atoms with Crippen LogP contribution in [0.4, 0.5) is 5.69 Å². The van der Waals surface area contributed by atoms with Gasteiger partial charge in [-0.3, -0.25) is 14.5 Å². The summed E-state index contributed by atoms with van der Waals surface area (Å²) in [6.07, 6.45) is 4.43. The van der Waals surface area contributed by atoms with Crippen molar-refractivity contribution in [1.29, 1.82) is 0 Å². The zero-order valence-corrected chi connectivity index (χ0v) is 22.3. The van der Waals surface area contributed by atoms with Crippen LogP contribution in [0.15, 0.2) is 52.8 Å². The first-order valence-corrected chi connectivity index (χ1v) is 12.5. The summed E-state index contributed by atoms with van der Waals surface area (Å²) in [5.41, 5.74) is 5.06. The second kappa shape index (κ2) is 10.7. The highest BCUT2D eigenvalue weighted by atomic mass is 79.9. The Balaban J connectivity index is 1.63. The van der Waals surface area contributed by atoms with Gasteiger partial charge < -0.3 is 19.9 Å². The van der Waals surface area contributed by atoms with Gasteiger partial charge in [0.05, 0.1) is 5.69 Å². The highest BCUT2D eigenvalue weighted by molar-refractivity contribution is 9.10. The van der Waals surface area contributed by atoms with Crippen LogP contribution in [0.25, 0.3) is 17.0 Å². The molecule has 0 unspecified atom stereocenters. The van der Waals surface area contributed by atoms with Crippen LogP contribution in [-0.2, 0) is 20.9 Å². The first-order valence-electron chi connectivity index (χ1n) is 11.3. The van der Waals surface area contributed by atoms with Gasteiger partial charge in [-0.05, 0) is 80.0 Å². The molecule has 0 bridgehead atoms. The molecule has 0 atom stereocenters. The van der Waals surface area contributed by atoms with Gasteiger partial charge in [-0.25, -0.2) is 0 Å². The van der Waals surface area contributed by atoms with Crippen molar-refractivity contribution in [2.24, 2.45) is 0 Å². The highest BCUT2D eigenvalue weighted by Crippen LogP contribution is 2.29. The molecule has 1 saturated heterocycles. The lowest BCUT2D eigenvalue weighted by atomic mass is 10.1. The molecule has 4 rings (SSSR count). The zero-order chi connectivity index (χ0) is 25.1. The summed E-state index contributed by atoms with van der Waals surface area (Å²) in [6.45, 7) is 5.36. The maximum Gasteiger partial charge on any atom is 0.281 e. The predicted octanol–water partition coefficient (Wildman–Crippen LogP) is 4.44. The molecule has 9 heteroatoms. The number of nitrogens with zero attached hydrogens (tertiary/aromatic N) is 2. The van der Waals surface area contributed by atoms with Crippen LogP contribution >= 0.6 is 28.1 Å². The van der Waals surface area contributed by atoms with E-state index in [2.05, 4.69) is 26.6 Å². The van der Waals surface area contributed by atoms with E-state index in [-0.39, 0.29) is 18.4 Å². The van der Waals surface area contributed by atoms with Crippen LogP contribution in [0.2, 0.25) is 0 Å². The number of fused-ring (bicyclic) bond motifs is 1. The highest BCUT2D eigenvalue weighted by Gasteiger charge is 2.32. The van der Waals surface area contributed by atoms with Crippen molar-refractivity contribution in [3.8, 4) is 0 Å². The molecule has 0 saturated carbocycles. The Morgan fingerprint density at radius 1 is 1.20 bits per heavy atom. The number of hydrogen-bond acceptors (Lipinski definition) is 4. The normalized spacial score (nSPS) is 14.7. The maximum atomic E-state index is 13.3. The molecular formula is C26H27BrN4O3S. The number of aryl methyl sites for hydroxylation is 2. The van der Waals surface area contributed by atoms with Crippen LogP contribution in [0.5, 0.6) is 0 Å². The SMILES string of the molecule is COCCCNC(=O)Cn1cc(/C=C2\NC(=S)N(c3ccc(C)c(C)c3)C2=O)c2cc(Br)ccc21. The third kappa shape index (κ3) is 5.47. The van der Waals surface area contributed by atoms with Gasteiger partial charge in [-0.15, -0.1) is 0 Å². The van der Waals surface area contributed by atoms with Crippen LogP contribution in [0, 0.1) is 13.8 Å². The van der Waals surface area contributed by atoms with Gasteiger partial charge >= 0.3 is 0 Å². The van der Waals surface area contributed by atoms with E-state index in [1.165, 1.54) is 4.90 Å². The number of hydrogen-bond donors (Lipinski definition) is 2. The van der Waals surface area contributed by atoms with Crippen LogP contribution in [0.3, 0.4) is 0 Å². The fraction of sp³-hybridized carbons (Fsp3) is 0.269. The number of halogens is 1. The molecule has 1 fully saturated rings. The lowest BCUT2D eigenvalue weighted by molar-refractivity contribution is -0.121. The molecule has 35 heavy (non-hydrogen) atoms. The number of benzene rings is 2. The summed E-state index contributed by atoms with van der Waals surface area (Å²) < 4.78 is 7.82. The Kier molecular flexibility index (Phi) is 7.69. The number of ether oxygens (including phenoxy) is 1. The van der Waals surface area contributed by atoms with E-state index >= 15 is 0 Å². The first kappa shape index (κ1) is 25.1. The number of aromatic nitrogens is 1. The third-order valence-corrected chi connectivity index (χ3v) is 6.74. The summed E-state index contributed by atoms with van der Waals surface area (Å²) in [6, 6.07) is 11.7. The minimum absolute atomic E-state index is 0.0858.